The summed E-state index contributed by atoms with van der Waals surface area (Å²) in [6.07, 6.45) is 2.42. The van der Waals surface area contributed by atoms with Crippen molar-refractivity contribution >= 4 is 11.8 Å². The molecule has 3 saturated heterocycles. The Labute approximate surface area is 132 Å². The molecule has 0 aromatic heterocycles. The lowest BCUT2D eigenvalue weighted by atomic mass is 9.93. The van der Waals surface area contributed by atoms with Gasteiger partial charge in [0.1, 0.15) is 0 Å². The number of likely N-dealkylation sites (tertiary alicyclic amines) is 2. The van der Waals surface area contributed by atoms with Gasteiger partial charge in [0.15, 0.2) is 0 Å². The van der Waals surface area contributed by atoms with Gasteiger partial charge in [0, 0.05) is 57.4 Å². The predicted octanol–water partition coefficient (Wildman–Crippen LogP) is 0.0339. The Morgan fingerprint density at radius 3 is 2.86 bits per heavy atom. The normalized spacial score (nSPS) is 31.4. The van der Waals surface area contributed by atoms with Gasteiger partial charge in [0.2, 0.25) is 11.8 Å². The van der Waals surface area contributed by atoms with Gasteiger partial charge in [-0.25, -0.2) is 0 Å². The SMILES string of the molecule is CN(C)CCC(=O)N1C[C@@H]2[C@H](CN3CCCC3=O)CO[C@@H]2C1. The van der Waals surface area contributed by atoms with Crippen LogP contribution in [0.4, 0.5) is 0 Å². The summed E-state index contributed by atoms with van der Waals surface area (Å²) in [4.78, 5) is 30.0. The van der Waals surface area contributed by atoms with Gasteiger partial charge in [-0.2, -0.15) is 0 Å². The standard InChI is InChI=1S/C16H27N3O3/c1-17(2)7-5-16(21)19-9-13-12(11-22-14(13)10-19)8-18-6-3-4-15(18)20/h12-14H,3-11H2,1-2H3/t12-,13-,14-/m1/s1. The first kappa shape index (κ1) is 15.7. The molecule has 2 amide bonds. The summed E-state index contributed by atoms with van der Waals surface area (Å²) in [5.74, 6) is 1.29. The van der Waals surface area contributed by atoms with Gasteiger partial charge in [0.25, 0.3) is 0 Å². The van der Waals surface area contributed by atoms with Gasteiger partial charge in [-0.05, 0) is 20.5 Å². The van der Waals surface area contributed by atoms with E-state index in [-0.39, 0.29) is 17.9 Å². The van der Waals surface area contributed by atoms with Crippen molar-refractivity contribution in [2.75, 3.05) is 53.4 Å². The number of amides is 2. The molecule has 3 heterocycles. The molecule has 0 saturated carbocycles. The first-order valence-electron chi connectivity index (χ1n) is 8.36. The van der Waals surface area contributed by atoms with Crippen molar-refractivity contribution in [3.63, 3.8) is 0 Å². The second-order valence-electron chi connectivity index (χ2n) is 7.09. The maximum atomic E-state index is 12.3. The molecule has 0 N–H and O–H groups in total. The Kier molecular flexibility index (Phi) is 4.68. The Morgan fingerprint density at radius 1 is 1.36 bits per heavy atom. The maximum absolute atomic E-state index is 12.3. The van der Waals surface area contributed by atoms with Crippen LogP contribution >= 0.6 is 0 Å². The van der Waals surface area contributed by atoms with Crippen LogP contribution in [0.2, 0.25) is 0 Å². The van der Waals surface area contributed by atoms with Crippen LogP contribution in [-0.4, -0.2) is 86.0 Å². The van der Waals surface area contributed by atoms with E-state index in [1.165, 1.54) is 0 Å². The van der Waals surface area contributed by atoms with Gasteiger partial charge < -0.3 is 19.4 Å². The highest BCUT2D eigenvalue weighted by Gasteiger charge is 2.45. The second-order valence-corrected chi connectivity index (χ2v) is 7.09. The van der Waals surface area contributed by atoms with E-state index in [0.29, 0.717) is 24.7 Å². The molecule has 3 aliphatic heterocycles. The highest BCUT2D eigenvalue weighted by molar-refractivity contribution is 5.78. The summed E-state index contributed by atoms with van der Waals surface area (Å²) >= 11 is 0. The molecule has 6 nitrogen and oxygen atoms in total. The fraction of sp³-hybridized carbons (Fsp3) is 0.875. The highest BCUT2D eigenvalue weighted by atomic mass is 16.5. The van der Waals surface area contributed by atoms with Crippen LogP contribution in [0, 0.1) is 11.8 Å². The Balaban J connectivity index is 1.52. The van der Waals surface area contributed by atoms with Crippen LogP contribution in [0.5, 0.6) is 0 Å². The Bertz CT molecular complexity index is 440. The lowest BCUT2D eigenvalue weighted by molar-refractivity contribution is -0.132. The summed E-state index contributed by atoms with van der Waals surface area (Å²) in [6, 6.07) is 0. The van der Waals surface area contributed by atoms with E-state index in [4.69, 9.17) is 4.74 Å². The monoisotopic (exact) mass is 309 g/mol. The third-order valence-corrected chi connectivity index (χ3v) is 5.19. The van der Waals surface area contributed by atoms with E-state index >= 15 is 0 Å². The lowest BCUT2D eigenvalue weighted by Gasteiger charge is -2.24. The van der Waals surface area contributed by atoms with E-state index in [2.05, 4.69) is 0 Å². The second kappa shape index (κ2) is 6.54. The van der Waals surface area contributed by atoms with E-state index in [1.807, 2.05) is 28.8 Å². The molecule has 0 aliphatic carbocycles. The van der Waals surface area contributed by atoms with Crippen LogP contribution < -0.4 is 0 Å². The minimum atomic E-state index is 0.172. The number of rotatable bonds is 5. The van der Waals surface area contributed by atoms with Crippen LogP contribution in [0.25, 0.3) is 0 Å². The average molecular weight is 309 g/mol. The quantitative estimate of drug-likeness (QED) is 0.719. The van der Waals surface area contributed by atoms with Gasteiger partial charge in [0.05, 0.1) is 12.7 Å². The zero-order valence-electron chi connectivity index (χ0n) is 13.7. The maximum Gasteiger partial charge on any atom is 0.223 e. The largest absolute Gasteiger partial charge is 0.376 e. The number of hydrogen-bond acceptors (Lipinski definition) is 4. The molecule has 3 aliphatic rings. The minimum Gasteiger partial charge on any atom is -0.376 e. The van der Waals surface area contributed by atoms with Gasteiger partial charge >= 0.3 is 0 Å². The number of carbonyl (C=O) groups excluding carboxylic acids is 2. The van der Waals surface area contributed by atoms with Crippen LogP contribution in [0.3, 0.4) is 0 Å². The molecule has 3 atom stereocenters. The smallest absolute Gasteiger partial charge is 0.223 e. The van der Waals surface area contributed by atoms with Crippen molar-refractivity contribution in [1.29, 1.82) is 0 Å². The number of hydrogen-bond donors (Lipinski definition) is 0. The zero-order chi connectivity index (χ0) is 15.7. The first-order valence-corrected chi connectivity index (χ1v) is 8.36. The molecule has 6 heteroatoms. The summed E-state index contributed by atoms with van der Waals surface area (Å²) in [7, 11) is 3.97. The van der Waals surface area contributed by atoms with Crippen LogP contribution in [0.1, 0.15) is 19.3 Å². The van der Waals surface area contributed by atoms with E-state index in [1.54, 1.807) is 0 Å². The van der Waals surface area contributed by atoms with E-state index in [0.717, 1.165) is 45.8 Å². The fourth-order valence-corrected chi connectivity index (χ4v) is 3.85. The van der Waals surface area contributed by atoms with Gasteiger partial charge in [-0.1, -0.05) is 0 Å². The van der Waals surface area contributed by atoms with Crippen LogP contribution in [-0.2, 0) is 14.3 Å². The topological polar surface area (TPSA) is 53.1 Å². The van der Waals surface area contributed by atoms with Crippen LogP contribution in [0.15, 0.2) is 0 Å². The van der Waals surface area contributed by atoms with Crippen molar-refractivity contribution in [3.05, 3.63) is 0 Å². The van der Waals surface area contributed by atoms with Crippen molar-refractivity contribution in [2.24, 2.45) is 11.8 Å². The number of carbonyl (C=O) groups is 2. The summed E-state index contributed by atoms with van der Waals surface area (Å²) in [5, 5.41) is 0. The third kappa shape index (κ3) is 3.27. The summed E-state index contributed by atoms with van der Waals surface area (Å²) < 4.78 is 5.90. The molecular formula is C16H27N3O3. The zero-order valence-corrected chi connectivity index (χ0v) is 13.7. The molecular weight excluding hydrogens is 282 g/mol. The molecule has 3 fully saturated rings. The Hall–Kier alpha value is -1.14. The molecule has 3 rings (SSSR count). The molecule has 0 radical (unpaired) electrons. The Morgan fingerprint density at radius 2 is 2.18 bits per heavy atom. The van der Waals surface area contributed by atoms with Crippen molar-refractivity contribution < 1.29 is 14.3 Å². The van der Waals surface area contributed by atoms with Gasteiger partial charge in [-0.3, -0.25) is 9.59 Å². The van der Waals surface area contributed by atoms with E-state index < -0.39 is 0 Å². The van der Waals surface area contributed by atoms with E-state index in [9.17, 15) is 9.59 Å². The average Bonchev–Trinajstić information content (AvgIpc) is 3.14. The predicted molar refractivity (Wildman–Crippen MR) is 82.3 cm³/mol. The summed E-state index contributed by atoms with van der Waals surface area (Å²) in [5.41, 5.74) is 0. The molecule has 0 bridgehead atoms. The third-order valence-electron chi connectivity index (χ3n) is 5.19. The number of nitrogens with zero attached hydrogens (tertiary/aromatic N) is 3. The number of fused-ring (bicyclic) bond motifs is 1. The lowest BCUT2D eigenvalue weighted by Crippen LogP contribution is -2.36. The molecule has 0 unspecified atom stereocenters. The molecule has 0 spiro atoms. The van der Waals surface area contributed by atoms with Crippen molar-refractivity contribution in [1.82, 2.24) is 14.7 Å². The molecule has 0 aromatic rings. The highest BCUT2D eigenvalue weighted by Crippen LogP contribution is 2.35. The fourth-order valence-electron chi connectivity index (χ4n) is 3.85. The first-order chi connectivity index (χ1) is 10.5. The van der Waals surface area contributed by atoms with Gasteiger partial charge in [-0.15, -0.1) is 0 Å². The molecule has 124 valence electrons. The summed E-state index contributed by atoms with van der Waals surface area (Å²) in [6.45, 7) is 4.74. The molecule has 0 aromatic carbocycles. The van der Waals surface area contributed by atoms with Crippen molar-refractivity contribution in [2.45, 2.75) is 25.4 Å². The van der Waals surface area contributed by atoms with Crippen molar-refractivity contribution in [3.8, 4) is 0 Å². The number of ether oxygens (including phenoxy) is 1. The minimum absolute atomic E-state index is 0.172. The molecule has 22 heavy (non-hydrogen) atoms.